The monoisotopic (exact) mass is 380 g/mol. The van der Waals surface area contributed by atoms with Gasteiger partial charge in [-0.05, 0) is 44.1 Å². The van der Waals surface area contributed by atoms with Crippen molar-refractivity contribution in [3.8, 4) is 0 Å². The molecule has 2 saturated heterocycles. The summed E-state index contributed by atoms with van der Waals surface area (Å²) in [6.45, 7) is 3.81. The highest BCUT2D eigenvalue weighted by atomic mass is 32.2. The zero-order valence-corrected chi connectivity index (χ0v) is 16.0. The first-order chi connectivity index (χ1) is 12.5. The highest BCUT2D eigenvalue weighted by Crippen LogP contribution is 2.31. The maximum absolute atomic E-state index is 12.8. The minimum Gasteiger partial charge on any atom is -0.343 e. The summed E-state index contributed by atoms with van der Waals surface area (Å²) in [6, 6.07) is 0. The molecule has 3 aliphatic rings. The van der Waals surface area contributed by atoms with Crippen LogP contribution in [0.4, 0.5) is 0 Å². The Hall–Kier alpha value is -1.54. The number of hydrogen-bond donors (Lipinski definition) is 3. The number of carbonyl (C=O) groups is 3. The first-order valence-corrected chi connectivity index (χ1v) is 10.4. The molecule has 144 valence electrons. The summed E-state index contributed by atoms with van der Waals surface area (Å²) in [6.07, 6.45) is 6.35. The number of nitrogens with zero attached hydrogens (tertiary/aromatic N) is 1. The molecular weight excluding hydrogens is 352 g/mol. The first kappa shape index (κ1) is 19.2. The van der Waals surface area contributed by atoms with Crippen LogP contribution in [0.2, 0.25) is 0 Å². The zero-order chi connectivity index (χ0) is 18.5. The molecule has 0 aromatic carbocycles. The highest BCUT2D eigenvalue weighted by molar-refractivity contribution is 8.03. The molecule has 0 aliphatic carbocycles. The van der Waals surface area contributed by atoms with Crippen LogP contribution in [0.1, 0.15) is 39.0 Å². The van der Waals surface area contributed by atoms with Gasteiger partial charge in [0, 0.05) is 25.9 Å². The fourth-order valence-electron chi connectivity index (χ4n) is 3.83. The van der Waals surface area contributed by atoms with Crippen LogP contribution >= 0.6 is 11.8 Å². The van der Waals surface area contributed by atoms with Gasteiger partial charge in [-0.3, -0.25) is 19.7 Å². The van der Waals surface area contributed by atoms with Gasteiger partial charge in [-0.15, -0.1) is 11.8 Å². The molecule has 0 aromatic heterocycles. The van der Waals surface area contributed by atoms with E-state index in [4.69, 9.17) is 0 Å². The maximum atomic E-state index is 12.8. The lowest BCUT2D eigenvalue weighted by Gasteiger charge is -2.33. The molecule has 0 aromatic rings. The first-order valence-electron chi connectivity index (χ1n) is 9.46. The minimum absolute atomic E-state index is 0.0282. The van der Waals surface area contributed by atoms with Crippen LogP contribution < -0.4 is 16.0 Å². The van der Waals surface area contributed by atoms with E-state index in [1.165, 1.54) is 25.1 Å². The Morgan fingerprint density at radius 1 is 1.15 bits per heavy atom. The smallest absolute Gasteiger partial charge is 0.232 e. The van der Waals surface area contributed by atoms with Crippen LogP contribution in [0.3, 0.4) is 0 Å². The number of hydrogen-bond acceptors (Lipinski definition) is 5. The fourth-order valence-corrected chi connectivity index (χ4v) is 4.82. The molecular formula is C18H28N4O3S. The quantitative estimate of drug-likeness (QED) is 0.671. The van der Waals surface area contributed by atoms with E-state index in [1.54, 1.807) is 0 Å². The summed E-state index contributed by atoms with van der Waals surface area (Å²) in [5, 5.41) is 10.8. The van der Waals surface area contributed by atoms with Crippen molar-refractivity contribution < 1.29 is 14.4 Å². The van der Waals surface area contributed by atoms with Gasteiger partial charge in [0.1, 0.15) is 0 Å². The molecule has 3 N–H and O–H groups in total. The van der Waals surface area contributed by atoms with Gasteiger partial charge in [0.25, 0.3) is 0 Å². The summed E-state index contributed by atoms with van der Waals surface area (Å²) >= 11 is 1.50. The number of thioether (sulfide) groups is 1. The van der Waals surface area contributed by atoms with Gasteiger partial charge in [0.2, 0.25) is 17.7 Å². The van der Waals surface area contributed by atoms with Crippen molar-refractivity contribution in [3.05, 3.63) is 11.5 Å². The van der Waals surface area contributed by atoms with E-state index in [2.05, 4.69) is 16.0 Å². The average Bonchev–Trinajstić information content (AvgIpc) is 3.09. The Kier molecular flexibility index (Phi) is 6.58. The molecule has 3 aliphatic heterocycles. The van der Waals surface area contributed by atoms with Crippen molar-refractivity contribution >= 4 is 29.5 Å². The predicted molar refractivity (Wildman–Crippen MR) is 101 cm³/mol. The number of carbonyl (C=O) groups excluding carboxylic acids is 3. The summed E-state index contributed by atoms with van der Waals surface area (Å²) in [4.78, 5) is 38.7. The van der Waals surface area contributed by atoms with E-state index >= 15 is 0 Å². The van der Waals surface area contributed by atoms with E-state index in [1.807, 2.05) is 16.4 Å². The van der Waals surface area contributed by atoms with E-state index in [-0.39, 0.29) is 41.1 Å². The third-order valence-electron chi connectivity index (χ3n) is 5.23. The SMILES string of the molecule is CC(=O)NC1CC(C(=O)NC2SC=CC2C(=O)N2CCCCC2)CCN1. The molecule has 7 nitrogen and oxygen atoms in total. The second kappa shape index (κ2) is 8.90. The van der Waals surface area contributed by atoms with Crippen molar-refractivity contribution in [2.75, 3.05) is 19.6 Å². The Morgan fingerprint density at radius 2 is 1.92 bits per heavy atom. The number of amides is 3. The standard InChI is InChI=1S/C18H28N4O3S/c1-12(23)20-15-11-13(5-7-19-15)16(24)21-17-14(6-10-26-17)18(25)22-8-3-2-4-9-22/h6,10,13-15,17,19H,2-5,7-9,11H2,1H3,(H,20,23)(H,21,24). The third kappa shape index (κ3) is 4.79. The van der Waals surface area contributed by atoms with Gasteiger partial charge < -0.3 is 15.5 Å². The highest BCUT2D eigenvalue weighted by Gasteiger charge is 2.36. The third-order valence-corrected chi connectivity index (χ3v) is 6.25. The molecule has 0 saturated carbocycles. The Bertz CT molecular complexity index is 577. The van der Waals surface area contributed by atoms with Crippen molar-refractivity contribution in [2.45, 2.75) is 50.6 Å². The topological polar surface area (TPSA) is 90.5 Å². The van der Waals surface area contributed by atoms with Gasteiger partial charge in [0.05, 0.1) is 17.5 Å². The van der Waals surface area contributed by atoms with Gasteiger partial charge >= 0.3 is 0 Å². The van der Waals surface area contributed by atoms with E-state index < -0.39 is 0 Å². The minimum atomic E-state index is -0.282. The molecule has 4 atom stereocenters. The molecule has 3 rings (SSSR count). The summed E-state index contributed by atoms with van der Waals surface area (Å²) in [5.41, 5.74) is 0. The van der Waals surface area contributed by atoms with E-state index in [0.29, 0.717) is 13.0 Å². The molecule has 8 heteroatoms. The lowest BCUT2D eigenvalue weighted by Crippen LogP contribution is -2.53. The molecule has 3 heterocycles. The van der Waals surface area contributed by atoms with Gasteiger partial charge in [-0.2, -0.15) is 0 Å². The summed E-state index contributed by atoms with van der Waals surface area (Å²) in [5.74, 6) is -0.446. The Morgan fingerprint density at radius 3 is 2.65 bits per heavy atom. The predicted octanol–water partition coefficient (Wildman–Crippen LogP) is 0.780. The molecule has 0 bridgehead atoms. The lowest BCUT2D eigenvalue weighted by atomic mass is 9.94. The maximum Gasteiger partial charge on any atom is 0.232 e. The fraction of sp³-hybridized carbons (Fsp3) is 0.722. The molecule has 4 unspecified atom stereocenters. The summed E-state index contributed by atoms with van der Waals surface area (Å²) in [7, 11) is 0. The van der Waals surface area contributed by atoms with Gasteiger partial charge in [0.15, 0.2) is 0 Å². The summed E-state index contributed by atoms with van der Waals surface area (Å²) < 4.78 is 0. The van der Waals surface area contributed by atoms with Gasteiger partial charge in [-0.1, -0.05) is 6.08 Å². The molecule has 2 fully saturated rings. The van der Waals surface area contributed by atoms with Crippen LogP contribution in [-0.4, -0.2) is 53.8 Å². The second-order valence-corrected chi connectivity index (χ2v) is 8.29. The van der Waals surface area contributed by atoms with Crippen molar-refractivity contribution in [1.29, 1.82) is 0 Å². The average molecular weight is 381 g/mol. The number of nitrogens with one attached hydrogen (secondary N) is 3. The second-order valence-electron chi connectivity index (χ2n) is 7.23. The molecule has 0 spiro atoms. The Balaban J connectivity index is 1.54. The van der Waals surface area contributed by atoms with Crippen LogP contribution in [0.25, 0.3) is 0 Å². The Labute approximate surface area is 158 Å². The molecule has 26 heavy (non-hydrogen) atoms. The van der Waals surface area contributed by atoms with Crippen LogP contribution in [0.15, 0.2) is 11.5 Å². The van der Waals surface area contributed by atoms with Crippen LogP contribution in [0.5, 0.6) is 0 Å². The zero-order valence-electron chi connectivity index (χ0n) is 15.2. The molecule has 0 radical (unpaired) electrons. The largest absolute Gasteiger partial charge is 0.343 e. The van der Waals surface area contributed by atoms with Crippen LogP contribution in [0, 0.1) is 11.8 Å². The number of likely N-dealkylation sites (tertiary alicyclic amines) is 1. The van der Waals surface area contributed by atoms with E-state index in [9.17, 15) is 14.4 Å². The van der Waals surface area contributed by atoms with Crippen molar-refractivity contribution in [3.63, 3.8) is 0 Å². The number of piperidine rings is 2. The van der Waals surface area contributed by atoms with Crippen molar-refractivity contribution in [1.82, 2.24) is 20.9 Å². The van der Waals surface area contributed by atoms with Crippen LogP contribution in [-0.2, 0) is 14.4 Å². The lowest BCUT2D eigenvalue weighted by molar-refractivity contribution is -0.135. The normalized spacial score (nSPS) is 31.5. The van der Waals surface area contributed by atoms with Gasteiger partial charge in [-0.25, -0.2) is 0 Å². The van der Waals surface area contributed by atoms with E-state index in [0.717, 1.165) is 32.4 Å². The van der Waals surface area contributed by atoms with Crippen molar-refractivity contribution in [2.24, 2.45) is 11.8 Å². The molecule has 3 amide bonds. The number of rotatable bonds is 4.